The van der Waals surface area contributed by atoms with Gasteiger partial charge in [0.05, 0.1) is 30.0 Å². The van der Waals surface area contributed by atoms with E-state index in [1.54, 1.807) is 13.8 Å². The molecule has 2 heterocycles. The molecule has 0 atom stereocenters. The molecular formula is C29H30N2O5. The smallest absolute Gasteiger partial charge is 0.340 e. The summed E-state index contributed by atoms with van der Waals surface area (Å²) in [7, 11) is 0. The van der Waals surface area contributed by atoms with E-state index in [0.29, 0.717) is 41.3 Å². The van der Waals surface area contributed by atoms with Gasteiger partial charge in [0.1, 0.15) is 0 Å². The van der Waals surface area contributed by atoms with E-state index < -0.39 is 5.97 Å². The van der Waals surface area contributed by atoms with Crippen LogP contribution in [0.2, 0.25) is 0 Å². The van der Waals surface area contributed by atoms with Gasteiger partial charge in [0.15, 0.2) is 6.29 Å². The summed E-state index contributed by atoms with van der Waals surface area (Å²) in [6, 6.07) is 19.1. The Balaban J connectivity index is 0.000000202. The van der Waals surface area contributed by atoms with Crippen LogP contribution < -0.4 is 0 Å². The van der Waals surface area contributed by atoms with Crippen LogP contribution in [0.4, 0.5) is 0 Å². The maximum Gasteiger partial charge on any atom is 0.340 e. The monoisotopic (exact) mass is 486 g/mol. The zero-order chi connectivity index (χ0) is 26.1. The predicted octanol–water partition coefficient (Wildman–Crippen LogP) is 6.15. The molecule has 0 radical (unpaired) electrons. The summed E-state index contributed by atoms with van der Waals surface area (Å²) in [6.45, 7) is 7.88. The topological polar surface area (TPSA) is 101 Å². The van der Waals surface area contributed by atoms with Crippen LogP contribution in [0.25, 0.3) is 22.3 Å². The summed E-state index contributed by atoms with van der Waals surface area (Å²) >= 11 is 0. The number of rotatable bonds is 7. The van der Waals surface area contributed by atoms with Crippen molar-refractivity contribution in [3.63, 3.8) is 0 Å². The van der Waals surface area contributed by atoms with Crippen molar-refractivity contribution in [1.29, 1.82) is 0 Å². The largest absolute Gasteiger partial charge is 0.462 e. The molecule has 4 rings (SSSR count). The number of aromatic amines is 2. The number of aldehydes is 1. The van der Waals surface area contributed by atoms with Crippen molar-refractivity contribution >= 4 is 18.2 Å². The predicted molar refractivity (Wildman–Crippen MR) is 139 cm³/mol. The maximum absolute atomic E-state index is 12.0. The minimum absolute atomic E-state index is 0.273. The Morgan fingerprint density at radius 1 is 0.778 bits per heavy atom. The Labute approximate surface area is 210 Å². The first kappa shape index (κ1) is 26.2. The normalized spacial score (nSPS) is 10.2. The number of nitrogens with one attached hydrogen (secondary N) is 2. The Morgan fingerprint density at radius 2 is 1.31 bits per heavy atom. The zero-order valence-corrected chi connectivity index (χ0v) is 20.9. The van der Waals surface area contributed by atoms with Crippen LogP contribution >= 0.6 is 0 Å². The molecule has 0 fully saturated rings. The second-order valence-corrected chi connectivity index (χ2v) is 7.91. The molecule has 7 heteroatoms. The fourth-order valence-corrected chi connectivity index (χ4v) is 3.94. The molecule has 0 saturated heterocycles. The van der Waals surface area contributed by atoms with Crippen LogP contribution in [0, 0.1) is 13.8 Å². The molecule has 7 nitrogen and oxygen atoms in total. The van der Waals surface area contributed by atoms with E-state index >= 15 is 0 Å². The van der Waals surface area contributed by atoms with E-state index in [1.807, 2.05) is 80.7 Å². The minimum Gasteiger partial charge on any atom is -0.462 e. The maximum atomic E-state index is 12.0. The Morgan fingerprint density at radius 3 is 1.83 bits per heavy atom. The Hall–Kier alpha value is -4.39. The van der Waals surface area contributed by atoms with Crippen LogP contribution in [0.5, 0.6) is 0 Å². The molecule has 36 heavy (non-hydrogen) atoms. The van der Waals surface area contributed by atoms with Crippen molar-refractivity contribution in [3.05, 3.63) is 95.1 Å². The lowest BCUT2D eigenvalue weighted by atomic mass is 10.0. The van der Waals surface area contributed by atoms with Gasteiger partial charge >= 0.3 is 11.9 Å². The average Bonchev–Trinajstić information content (AvgIpc) is 3.45. The molecule has 2 aromatic heterocycles. The number of ether oxygens (including phenoxy) is 2. The second kappa shape index (κ2) is 12.4. The van der Waals surface area contributed by atoms with Crippen molar-refractivity contribution in [3.8, 4) is 22.3 Å². The molecule has 0 saturated carbocycles. The summed E-state index contributed by atoms with van der Waals surface area (Å²) < 4.78 is 10.1. The van der Waals surface area contributed by atoms with E-state index in [4.69, 9.17) is 9.47 Å². The number of carbonyl (C=O) groups is 3. The molecule has 2 aromatic carbocycles. The van der Waals surface area contributed by atoms with Crippen molar-refractivity contribution in [2.45, 2.75) is 27.7 Å². The third-order valence-corrected chi connectivity index (χ3v) is 5.52. The minimum atomic E-state index is -0.414. The third kappa shape index (κ3) is 5.81. The van der Waals surface area contributed by atoms with Crippen molar-refractivity contribution < 1.29 is 23.9 Å². The molecule has 0 aliphatic rings. The van der Waals surface area contributed by atoms with Gasteiger partial charge < -0.3 is 19.4 Å². The van der Waals surface area contributed by atoms with Crippen LogP contribution in [-0.2, 0) is 9.47 Å². The van der Waals surface area contributed by atoms with Crippen LogP contribution in [0.15, 0.2) is 66.9 Å². The lowest BCUT2D eigenvalue weighted by Crippen LogP contribution is -2.06. The molecule has 0 bridgehead atoms. The number of carbonyl (C=O) groups excluding carboxylic acids is 3. The van der Waals surface area contributed by atoms with Crippen LogP contribution in [0.1, 0.15) is 56.4 Å². The molecule has 0 unspecified atom stereocenters. The van der Waals surface area contributed by atoms with Crippen LogP contribution in [0.3, 0.4) is 0 Å². The molecule has 2 N–H and O–H groups in total. The van der Waals surface area contributed by atoms with E-state index in [2.05, 4.69) is 9.97 Å². The van der Waals surface area contributed by atoms with Crippen molar-refractivity contribution in [1.82, 2.24) is 9.97 Å². The summed E-state index contributed by atoms with van der Waals surface area (Å²) in [5, 5.41) is 0. The van der Waals surface area contributed by atoms with Gasteiger partial charge in [0.2, 0.25) is 0 Å². The number of hydrogen-bond donors (Lipinski definition) is 2. The first-order valence-electron chi connectivity index (χ1n) is 11.7. The fraction of sp³-hybridized carbons (Fsp3) is 0.207. The molecule has 186 valence electrons. The van der Waals surface area contributed by atoms with Gasteiger partial charge in [-0.2, -0.15) is 0 Å². The first-order chi connectivity index (χ1) is 17.4. The highest BCUT2D eigenvalue weighted by molar-refractivity contribution is 6.03. The Kier molecular flexibility index (Phi) is 9.00. The number of aromatic nitrogens is 2. The summed E-state index contributed by atoms with van der Waals surface area (Å²) in [5.74, 6) is -0.687. The number of aryl methyl sites for hydroxylation is 2. The average molecular weight is 487 g/mol. The molecule has 0 spiro atoms. The summed E-state index contributed by atoms with van der Waals surface area (Å²) in [6.07, 6.45) is 2.56. The lowest BCUT2D eigenvalue weighted by Gasteiger charge is -2.06. The number of H-pyrrole nitrogens is 2. The van der Waals surface area contributed by atoms with Crippen LogP contribution in [-0.4, -0.2) is 41.4 Å². The molecule has 0 aliphatic heterocycles. The van der Waals surface area contributed by atoms with E-state index in [0.717, 1.165) is 28.7 Å². The third-order valence-electron chi connectivity index (χ3n) is 5.52. The SMILES string of the molecule is CCOC(=O)c1c(-c2ccccc2)c[nH]c1C.CCOC(=O)c1c(C)[nH]c(C=O)c1-c1ccccc1. The van der Waals surface area contributed by atoms with Gasteiger partial charge in [-0.15, -0.1) is 0 Å². The van der Waals surface area contributed by atoms with Crippen molar-refractivity contribution in [2.75, 3.05) is 13.2 Å². The van der Waals surface area contributed by atoms with E-state index in [9.17, 15) is 14.4 Å². The van der Waals surface area contributed by atoms with Gasteiger partial charge in [-0.25, -0.2) is 9.59 Å². The number of hydrogen-bond acceptors (Lipinski definition) is 5. The highest BCUT2D eigenvalue weighted by Crippen LogP contribution is 2.30. The lowest BCUT2D eigenvalue weighted by molar-refractivity contribution is 0.0516. The molecule has 0 aliphatic carbocycles. The van der Waals surface area contributed by atoms with E-state index in [-0.39, 0.29) is 5.97 Å². The molecular weight excluding hydrogens is 456 g/mol. The van der Waals surface area contributed by atoms with Crippen molar-refractivity contribution in [2.24, 2.45) is 0 Å². The van der Waals surface area contributed by atoms with E-state index in [1.165, 1.54) is 0 Å². The van der Waals surface area contributed by atoms with Gasteiger partial charge in [0.25, 0.3) is 0 Å². The van der Waals surface area contributed by atoms with Gasteiger partial charge in [-0.1, -0.05) is 60.7 Å². The summed E-state index contributed by atoms with van der Waals surface area (Å²) in [5.41, 5.74) is 6.24. The van der Waals surface area contributed by atoms with Gasteiger partial charge in [-0.05, 0) is 38.8 Å². The highest BCUT2D eigenvalue weighted by Gasteiger charge is 2.23. The highest BCUT2D eigenvalue weighted by atomic mass is 16.5. The quantitative estimate of drug-likeness (QED) is 0.241. The van der Waals surface area contributed by atoms with Gasteiger partial charge in [-0.3, -0.25) is 4.79 Å². The second-order valence-electron chi connectivity index (χ2n) is 7.91. The number of benzene rings is 2. The molecule has 4 aromatic rings. The Bertz CT molecular complexity index is 1320. The molecule has 0 amide bonds. The zero-order valence-electron chi connectivity index (χ0n) is 20.9. The standard InChI is InChI=1S/C15H15NO3.C14H15NO2/c1-3-19-15(18)13-10(2)16-12(9-17)14(13)11-7-5-4-6-8-11;1-3-17-14(16)13-10(2)15-9-12(13)11-7-5-4-6-8-11/h4-9,16H,3H2,1-2H3;4-9,15H,3H2,1-2H3. The summed E-state index contributed by atoms with van der Waals surface area (Å²) in [4.78, 5) is 41.1. The fourth-order valence-electron chi connectivity index (χ4n) is 3.94. The van der Waals surface area contributed by atoms with Gasteiger partial charge in [0, 0.05) is 28.7 Å². The number of esters is 2. The first-order valence-corrected chi connectivity index (χ1v) is 11.7.